The predicted octanol–water partition coefficient (Wildman–Crippen LogP) is 1.88. The van der Waals surface area contributed by atoms with Crippen molar-refractivity contribution in [3.05, 3.63) is 29.8 Å². The number of carbonyl (C=O) groups is 2. The van der Waals surface area contributed by atoms with E-state index in [0.717, 1.165) is 11.3 Å². The molecule has 0 saturated carbocycles. The fourth-order valence-corrected chi connectivity index (χ4v) is 3.30. The highest BCUT2D eigenvalue weighted by Gasteiger charge is 2.37. The Balaban J connectivity index is 2.07. The van der Waals surface area contributed by atoms with Crippen molar-refractivity contribution in [2.24, 2.45) is 5.41 Å². The Kier molecular flexibility index (Phi) is 5.09. The second kappa shape index (κ2) is 6.71. The summed E-state index contributed by atoms with van der Waals surface area (Å²) < 4.78 is 0. The van der Waals surface area contributed by atoms with Crippen molar-refractivity contribution in [1.29, 1.82) is 0 Å². The van der Waals surface area contributed by atoms with Crippen LogP contribution in [0.3, 0.4) is 0 Å². The third kappa shape index (κ3) is 4.10. The molecular weight excluding hydrogens is 292 g/mol. The van der Waals surface area contributed by atoms with Crippen molar-refractivity contribution in [3.8, 4) is 0 Å². The monoisotopic (exact) mass is 318 g/mol. The molecule has 1 aromatic carbocycles. The highest BCUT2D eigenvalue weighted by atomic mass is 16.3. The van der Waals surface area contributed by atoms with Gasteiger partial charge in [-0.25, -0.2) is 0 Å². The van der Waals surface area contributed by atoms with Crippen molar-refractivity contribution in [2.45, 2.75) is 52.7 Å². The topological polar surface area (TPSA) is 69.6 Å². The van der Waals surface area contributed by atoms with E-state index in [1.807, 2.05) is 38.1 Å². The van der Waals surface area contributed by atoms with Crippen molar-refractivity contribution in [1.82, 2.24) is 5.32 Å². The van der Waals surface area contributed by atoms with E-state index in [4.69, 9.17) is 0 Å². The molecule has 2 amide bonds. The minimum absolute atomic E-state index is 0.127. The number of nitrogens with zero attached hydrogens (tertiary/aromatic N) is 1. The average Bonchev–Trinajstić information content (AvgIpc) is 2.83. The standard InChI is InChI=1S/C18H26N2O3/c1-12(21)10-18(3,4)11-19-17(23)16-9-14-7-5-6-8-15(14)20(16)13(2)22/h5-8,12,16,21H,9-11H2,1-4H3,(H,19,23)/t12?,16-/m0/s1. The van der Waals surface area contributed by atoms with Crippen LogP contribution in [-0.4, -0.2) is 35.6 Å². The summed E-state index contributed by atoms with van der Waals surface area (Å²) in [5.41, 5.74) is 1.64. The van der Waals surface area contributed by atoms with Crippen LogP contribution in [0.4, 0.5) is 5.69 Å². The Labute approximate surface area is 137 Å². The zero-order valence-corrected chi connectivity index (χ0v) is 14.3. The van der Waals surface area contributed by atoms with E-state index in [0.29, 0.717) is 19.4 Å². The number of rotatable bonds is 5. The van der Waals surface area contributed by atoms with Crippen LogP contribution in [0.15, 0.2) is 24.3 Å². The van der Waals surface area contributed by atoms with Crippen LogP contribution in [0.5, 0.6) is 0 Å². The van der Waals surface area contributed by atoms with E-state index in [9.17, 15) is 14.7 Å². The molecule has 2 N–H and O–H groups in total. The summed E-state index contributed by atoms with van der Waals surface area (Å²) in [6.07, 6.45) is 0.735. The maximum absolute atomic E-state index is 12.6. The van der Waals surface area contributed by atoms with Gasteiger partial charge in [-0.1, -0.05) is 32.0 Å². The fourth-order valence-electron chi connectivity index (χ4n) is 3.30. The average molecular weight is 318 g/mol. The van der Waals surface area contributed by atoms with Gasteiger partial charge in [-0.3, -0.25) is 14.5 Å². The van der Waals surface area contributed by atoms with Crippen LogP contribution in [-0.2, 0) is 16.0 Å². The number of para-hydroxylation sites is 1. The summed E-state index contributed by atoms with van der Waals surface area (Å²) in [5.74, 6) is -0.270. The number of anilines is 1. The smallest absolute Gasteiger partial charge is 0.243 e. The molecule has 0 saturated heterocycles. The molecule has 0 aromatic heterocycles. The Morgan fingerprint density at radius 3 is 2.65 bits per heavy atom. The molecule has 5 heteroatoms. The van der Waals surface area contributed by atoms with Crippen molar-refractivity contribution < 1.29 is 14.7 Å². The highest BCUT2D eigenvalue weighted by Crippen LogP contribution is 2.32. The lowest BCUT2D eigenvalue weighted by molar-refractivity contribution is -0.125. The molecule has 1 heterocycles. The minimum Gasteiger partial charge on any atom is -0.393 e. The number of fused-ring (bicyclic) bond motifs is 1. The van der Waals surface area contributed by atoms with Gasteiger partial charge in [0.2, 0.25) is 11.8 Å². The van der Waals surface area contributed by atoms with E-state index in [1.165, 1.54) is 6.92 Å². The highest BCUT2D eigenvalue weighted by molar-refractivity contribution is 6.02. The largest absolute Gasteiger partial charge is 0.393 e. The fraction of sp³-hybridized carbons (Fsp3) is 0.556. The molecule has 23 heavy (non-hydrogen) atoms. The normalized spacial score (nSPS) is 18.5. The van der Waals surface area contributed by atoms with Crippen molar-refractivity contribution >= 4 is 17.5 Å². The van der Waals surface area contributed by atoms with Crippen LogP contribution in [0.2, 0.25) is 0 Å². The van der Waals surface area contributed by atoms with Gasteiger partial charge in [-0.15, -0.1) is 0 Å². The molecular formula is C18H26N2O3. The summed E-state index contributed by atoms with van der Waals surface area (Å²) in [5, 5.41) is 12.5. The van der Waals surface area contributed by atoms with Gasteiger partial charge in [0, 0.05) is 25.6 Å². The summed E-state index contributed by atoms with van der Waals surface area (Å²) in [4.78, 5) is 26.2. The second-order valence-electron chi connectivity index (χ2n) is 7.17. The van der Waals surface area contributed by atoms with Gasteiger partial charge in [0.25, 0.3) is 0 Å². The van der Waals surface area contributed by atoms with Crippen LogP contribution in [0, 0.1) is 5.41 Å². The Morgan fingerprint density at radius 1 is 1.39 bits per heavy atom. The first-order chi connectivity index (χ1) is 10.7. The molecule has 0 bridgehead atoms. The first-order valence-electron chi connectivity index (χ1n) is 8.05. The molecule has 1 aromatic rings. The Morgan fingerprint density at radius 2 is 2.04 bits per heavy atom. The number of aliphatic hydroxyl groups excluding tert-OH is 1. The maximum atomic E-state index is 12.6. The van der Waals surface area contributed by atoms with Gasteiger partial charge in [0.05, 0.1) is 6.10 Å². The molecule has 1 unspecified atom stereocenters. The number of carbonyl (C=O) groups excluding carboxylic acids is 2. The predicted molar refractivity (Wildman–Crippen MR) is 90.2 cm³/mol. The van der Waals surface area contributed by atoms with E-state index < -0.39 is 12.1 Å². The molecule has 0 radical (unpaired) electrons. The van der Waals surface area contributed by atoms with E-state index in [1.54, 1.807) is 11.8 Å². The third-order valence-electron chi connectivity index (χ3n) is 4.21. The molecule has 1 aliphatic rings. The number of benzene rings is 1. The van der Waals surface area contributed by atoms with Gasteiger partial charge in [0.1, 0.15) is 6.04 Å². The maximum Gasteiger partial charge on any atom is 0.243 e. The molecule has 5 nitrogen and oxygen atoms in total. The molecule has 126 valence electrons. The molecule has 0 fully saturated rings. The zero-order valence-electron chi connectivity index (χ0n) is 14.3. The van der Waals surface area contributed by atoms with E-state index in [-0.39, 0.29) is 17.2 Å². The van der Waals surface area contributed by atoms with Crippen LogP contribution >= 0.6 is 0 Å². The van der Waals surface area contributed by atoms with Crippen molar-refractivity contribution in [3.63, 3.8) is 0 Å². The van der Waals surface area contributed by atoms with Crippen LogP contribution in [0.1, 0.15) is 39.7 Å². The third-order valence-corrected chi connectivity index (χ3v) is 4.21. The number of amides is 2. The van der Waals surface area contributed by atoms with E-state index >= 15 is 0 Å². The minimum atomic E-state index is -0.493. The summed E-state index contributed by atoms with van der Waals surface area (Å²) in [6.45, 7) is 7.71. The number of aliphatic hydroxyl groups is 1. The SMILES string of the molecule is CC(=O)N1c2ccccc2C[C@H]1C(=O)NCC(C)(C)CC(C)O. The zero-order chi connectivity index (χ0) is 17.2. The molecule has 2 rings (SSSR count). The van der Waals surface area contributed by atoms with Gasteiger partial charge < -0.3 is 10.4 Å². The summed E-state index contributed by atoms with van der Waals surface area (Å²) in [6, 6.07) is 7.13. The van der Waals surface area contributed by atoms with Gasteiger partial charge in [-0.2, -0.15) is 0 Å². The van der Waals surface area contributed by atoms with Gasteiger partial charge in [0.15, 0.2) is 0 Å². The quantitative estimate of drug-likeness (QED) is 0.871. The van der Waals surface area contributed by atoms with Gasteiger partial charge >= 0.3 is 0 Å². The first-order valence-corrected chi connectivity index (χ1v) is 8.05. The van der Waals surface area contributed by atoms with Gasteiger partial charge in [-0.05, 0) is 30.4 Å². The lowest BCUT2D eigenvalue weighted by Gasteiger charge is -2.29. The van der Waals surface area contributed by atoms with E-state index in [2.05, 4.69) is 5.32 Å². The second-order valence-corrected chi connectivity index (χ2v) is 7.17. The van der Waals surface area contributed by atoms with Crippen molar-refractivity contribution in [2.75, 3.05) is 11.4 Å². The Bertz CT molecular complexity index is 596. The molecule has 0 spiro atoms. The molecule has 2 atom stereocenters. The lowest BCUT2D eigenvalue weighted by Crippen LogP contribution is -2.49. The number of hydrogen-bond donors (Lipinski definition) is 2. The molecule has 0 aliphatic carbocycles. The summed E-state index contributed by atoms with van der Waals surface area (Å²) in [7, 11) is 0. The Hall–Kier alpha value is -1.88. The lowest BCUT2D eigenvalue weighted by atomic mass is 9.87. The molecule has 1 aliphatic heterocycles. The first kappa shape index (κ1) is 17.5. The number of hydrogen-bond acceptors (Lipinski definition) is 3. The van der Waals surface area contributed by atoms with Crippen LogP contribution in [0.25, 0.3) is 0 Å². The van der Waals surface area contributed by atoms with Crippen LogP contribution < -0.4 is 10.2 Å². The number of nitrogens with one attached hydrogen (secondary N) is 1. The summed E-state index contributed by atoms with van der Waals surface area (Å²) >= 11 is 0.